The van der Waals surface area contributed by atoms with Gasteiger partial charge in [0.1, 0.15) is 0 Å². The average molecular weight is 261 g/mol. The Morgan fingerprint density at radius 2 is 2.16 bits per heavy atom. The van der Waals surface area contributed by atoms with E-state index in [1.807, 2.05) is 18.5 Å². The summed E-state index contributed by atoms with van der Waals surface area (Å²) in [6.07, 6.45) is 7.45. The summed E-state index contributed by atoms with van der Waals surface area (Å²) in [5.74, 6) is 0. The summed E-state index contributed by atoms with van der Waals surface area (Å²) >= 11 is 0. The number of pyridine rings is 1. The van der Waals surface area contributed by atoms with E-state index < -0.39 is 0 Å². The molecule has 2 heterocycles. The molecule has 1 aliphatic heterocycles. The van der Waals surface area contributed by atoms with Crippen molar-refractivity contribution in [2.45, 2.75) is 58.2 Å². The molecule has 106 valence electrons. The van der Waals surface area contributed by atoms with Crippen molar-refractivity contribution in [1.82, 2.24) is 15.2 Å². The van der Waals surface area contributed by atoms with Crippen LogP contribution in [0.3, 0.4) is 0 Å². The minimum Gasteiger partial charge on any atom is -0.311 e. The van der Waals surface area contributed by atoms with Gasteiger partial charge in [0.15, 0.2) is 0 Å². The van der Waals surface area contributed by atoms with Crippen LogP contribution in [0.25, 0.3) is 0 Å². The van der Waals surface area contributed by atoms with E-state index in [9.17, 15) is 0 Å². The quantitative estimate of drug-likeness (QED) is 0.883. The lowest BCUT2D eigenvalue weighted by molar-refractivity contribution is 0.0237. The Labute approximate surface area is 117 Å². The van der Waals surface area contributed by atoms with Gasteiger partial charge in [0, 0.05) is 43.6 Å². The number of hydrogen-bond donors (Lipinski definition) is 1. The van der Waals surface area contributed by atoms with Gasteiger partial charge in [0.05, 0.1) is 0 Å². The van der Waals surface area contributed by atoms with Gasteiger partial charge < -0.3 is 5.32 Å². The first-order valence-electron chi connectivity index (χ1n) is 7.61. The smallest absolute Gasteiger partial charge is 0.0333 e. The Bertz CT molecular complexity index is 373. The van der Waals surface area contributed by atoms with Crippen LogP contribution in [-0.4, -0.2) is 34.6 Å². The summed E-state index contributed by atoms with van der Waals surface area (Å²) in [7, 11) is 0. The monoisotopic (exact) mass is 261 g/mol. The topological polar surface area (TPSA) is 28.2 Å². The van der Waals surface area contributed by atoms with Crippen molar-refractivity contribution in [3.05, 3.63) is 30.1 Å². The lowest BCUT2D eigenvalue weighted by Gasteiger charge is -2.49. The predicted octanol–water partition coefficient (Wildman–Crippen LogP) is 2.82. The number of piperazine rings is 1. The van der Waals surface area contributed by atoms with Gasteiger partial charge in [-0.25, -0.2) is 0 Å². The molecule has 0 saturated carbocycles. The maximum absolute atomic E-state index is 4.25. The second kappa shape index (κ2) is 6.49. The summed E-state index contributed by atoms with van der Waals surface area (Å²) in [6.45, 7) is 10.2. The first-order valence-corrected chi connectivity index (χ1v) is 7.61. The lowest BCUT2D eigenvalue weighted by Crippen LogP contribution is -2.63. The van der Waals surface area contributed by atoms with Crippen molar-refractivity contribution in [3.8, 4) is 0 Å². The highest BCUT2D eigenvalue weighted by atomic mass is 15.3. The zero-order valence-corrected chi connectivity index (χ0v) is 12.5. The summed E-state index contributed by atoms with van der Waals surface area (Å²) in [5.41, 5.74) is 1.63. The SMILES string of the molecule is CCC1CN(Cc2cccnc2)C(CC)(CC)CN1. The third-order valence-electron chi connectivity index (χ3n) is 4.74. The van der Waals surface area contributed by atoms with Crippen molar-refractivity contribution < 1.29 is 0 Å². The molecule has 1 N–H and O–H groups in total. The Hall–Kier alpha value is -0.930. The molecule has 0 bridgehead atoms. The van der Waals surface area contributed by atoms with Gasteiger partial charge in [-0.05, 0) is 30.9 Å². The van der Waals surface area contributed by atoms with Crippen molar-refractivity contribution in [3.63, 3.8) is 0 Å². The van der Waals surface area contributed by atoms with E-state index in [0.29, 0.717) is 11.6 Å². The molecule has 1 saturated heterocycles. The van der Waals surface area contributed by atoms with Gasteiger partial charge in [-0.1, -0.05) is 26.8 Å². The van der Waals surface area contributed by atoms with E-state index in [0.717, 1.165) is 19.6 Å². The molecule has 0 radical (unpaired) electrons. The number of nitrogens with one attached hydrogen (secondary N) is 1. The number of nitrogens with zero attached hydrogens (tertiary/aromatic N) is 2. The summed E-state index contributed by atoms with van der Waals surface area (Å²) in [5, 5.41) is 3.72. The fraction of sp³-hybridized carbons (Fsp3) is 0.688. The van der Waals surface area contributed by atoms with Crippen LogP contribution in [0.2, 0.25) is 0 Å². The molecule has 1 fully saturated rings. The number of hydrogen-bond acceptors (Lipinski definition) is 3. The van der Waals surface area contributed by atoms with Gasteiger partial charge in [0.2, 0.25) is 0 Å². The molecular weight excluding hydrogens is 234 g/mol. The molecule has 19 heavy (non-hydrogen) atoms. The van der Waals surface area contributed by atoms with Gasteiger partial charge in [-0.2, -0.15) is 0 Å². The molecule has 0 aromatic carbocycles. The Balaban J connectivity index is 2.15. The van der Waals surface area contributed by atoms with Crippen molar-refractivity contribution in [2.24, 2.45) is 0 Å². The van der Waals surface area contributed by atoms with E-state index in [-0.39, 0.29) is 0 Å². The fourth-order valence-electron chi connectivity index (χ4n) is 3.14. The summed E-state index contributed by atoms with van der Waals surface area (Å²) < 4.78 is 0. The molecule has 3 heteroatoms. The van der Waals surface area contributed by atoms with E-state index in [1.54, 1.807) is 0 Å². The van der Waals surface area contributed by atoms with E-state index in [4.69, 9.17) is 0 Å². The van der Waals surface area contributed by atoms with Crippen LogP contribution in [0.5, 0.6) is 0 Å². The van der Waals surface area contributed by atoms with Crippen LogP contribution in [0.1, 0.15) is 45.6 Å². The third-order valence-corrected chi connectivity index (χ3v) is 4.74. The molecule has 1 atom stereocenters. The zero-order chi connectivity index (χ0) is 13.7. The highest BCUT2D eigenvalue weighted by Gasteiger charge is 2.38. The van der Waals surface area contributed by atoms with Crippen LogP contribution in [0, 0.1) is 0 Å². The third kappa shape index (κ3) is 3.15. The number of rotatable bonds is 5. The largest absolute Gasteiger partial charge is 0.311 e. The molecule has 1 aromatic heterocycles. The van der Waals surface area contributed by atoms with Gasteiger partial charge in [-0.3, -0.25) is 9.88 Å². The van der Waals surface area contributed by atoms with E-state index in [1.165, 1.54) is 24.8 Å². The Morgan fingerprint density at radius 3 is 2.74 bits per heavy atom. The second-order valence-corrected chi connectivity index (χ2v) is 5.66. The second-order valence-electron chi connectivity index (χ2n) is 5.66. The van der Waals surface area contributed by atoms with Crippen molar-refractivity contribution in [1.29, 1.82) is 0 Å². The summed E-state index contributed by atoms with van der Waals surface area (Å²) in [4.78, 5) is 6.92. The lowest BCUT2D eigenvalue weighted by atomic mass is 9.86. The fourth-order valence-corrected chi connectivity index (χ4v) is 3.14. The predicted molar refractivity (Wildman–Crippen MR) is 80.0 cm³/mol. The Morgan fingerprint density at radius 1 is 1.37 bits per heavy atom. The van der Waals surface area contributed by atoms with Gasteiger partial charge in [0.25, 0.3) is 0 Å². The molecule has 0 spiro atoms. The zero-order valence-electron chi connectivity index (χ0n) is 12.5. The van der Waals surface area contributed by atoms with Crippen LogP contribution in [-0.2, 0) is 6.54 Å². The molecule has 2 rings (SSSR count). The molecule has 3 nitrogen and oxygen atoms in total. The normalized spacial score (nSPS) is 23.4. The number of aromatic nitrogens is 1. The maximum atomic E-state index is 4.25. The van der Waals surface area contributed by atoms with E-state index >= 15 is 0 Å². The molecule has 0 amide bonds. The molecule has 1 aliphatic rings. The average Bonchev–Trinajstić information content (AvgIpc) is 2.48. The van der Waals surface area contributed by atoms with Crippen molar-refractivity contribution in [2.75, 3.05) is 13.1 Å². The first-order chi connectivity index (χ1) is 9.24. The van der Waals surface area contributed by atoms with Gasteiger partial charge in [-0.15, -0.1) is 0 Å². The minimum atomic E-state index is 0.307. The maximum Gasteiger partial charge on any atom is 0.0333 e. The van der Waals surface area contributed by atoms with Crippen molar-refractivity contribution >= 4 is 0 Å². The van der Waals surface area contributed by atoms with E-state index in [2.05, 4.69) is 42.0 Å². The van der Waals surface area contributed by atoms with Crippen LogP contribution < -0.4 is 5.32 Å². The minimum absolute atomic E-state index is 0.307. The standard InChI is InChI=1S/C16H27N3/c1-4-15-12-19(11-14-8-7-9-17-10-14)16(5-2,6-3)13-18-15/h7-10,15,18H,4-6,11-13H2,1-3H3. The summed E-state index contributed by atoms with van der Waals surface area (Å²) in [6, 6.07) is 4.85. The highest BCUT2D eigenvalue weighted by molar-refractivity contribution is 5.10. The highest BCUT2D eigenvalue weighted by Crippen LogP contribution is 2.29. The molecule has 0 aliphatic carbocycles. The van der Waals surface area contributed by atoms with Crippen LogP contribution >= 0.6 is 0 Å². The van der Waals surface area contributed by atoms with Crippen LogP contribution in [0.15, 0.2) is 24.5 Å². The molecule has 1 unspecified atom stereocenters. The van der Waals surface area contributed by atoms with Crippen LogP contribution in [0.4, 0.5) is 0 Å². The molecule has 1 aromatic rings. The van der Waals surface area contributed by atoms with Gasteiger partial charge >= 0.3 is 0 Å². The Kier molecular flexibility index (Phi) is 4.94. The first kappa shape index (κ1) is 14.5. The molecular formula is C16H27N3.